The summed E-state index contributed by atoms with van der Waals surface area (Å²) in [4.78, 5) is 28.5. The number of carbonyl (C=O) groups excluding carboxylic acids is 2. The van der Waals surface area contributed by atoms with E-state index in [-0.39, 0.29) is 11.6 Å². The Morgan fingerprint density at radius 1 is 1.07 bits per heavy atom. The molecule has 5 nitrogen and oxygen atoms in total. The fourth-order valence-electron chi connectivity index (χ4n) is 7.33. The number of nitriles is 1. The van der Waals surface area contributed by atoms with Gasteiger partial charge in [-0.15, -0.1) is 0 Å². The van der Waals surface area contributed by atoms with Crippen LogP contribution in [0, 0.1) is 24.2 Å². The summed E-state index contributed by atoms with van der Waals surface area (Å²) in [7, 11) is 0. The van der Waals surface area contributed by atoms with E-state index in [0.29, 0.717) is 24.5 Å². The molecule has 40 heavy (non-hydrogen) atoms. The molecule has 214 valence electrons. The van der Waals surface area contributed by atoms with Crippen LogP contribution in [-0.2, 0) is 20.4 Å². The van der Waals surface area contributed by atoms with Crippen molar-refractivity contribution in [2.45, 2.75) is 96.3 Å². The summed E-state index contributed by atoms with van der Waals surface area (Å²) in [5.41, 5.74) is 2.93. The Morgan fingerprint density at radius 2 is 1.75 bits per heavy atom. The Hall–Kier alpha value is -2.97. The molecule has 2 aliphatic rings. The summed E-state index contributed by atoms with van der Waals surface area (Å²) in [5.74, 6) is 2.01. The molecule has 1 atom stereocenters. The van der Waals surface area contributed by atoms with Crippen LogP contribution in [0.15, 0.2) is 42.5 Å². The summed E-state index contributed by atoms with van der Waals surface area (Å²) in [6.45, 7) is 10.9. The number of ketones is 2. The van der Waals surface area contributed by atoms with Crippen LogP contribution in [-0.4, -0.2) is 42.7 Å². The number of piperidine rings is 1. The lowest BCUT2D eigenvalue weighted by Gasteiger charge is -2.42. The molecule has 1 aliphatic heterocycles. The minimum atomic E-state index is -0.514. The van der Waals surface area contributed by atoms with Crippen molar-refractivity contribution in [3.8, 4) is 11.8 Å². The van der Waals surface area contributed by atoms with E-state index in [2.05, 4.69) is 30.0 Å². The van der Waals surface area contributed by atoms with Crippen LogP contribution in [0.25, 0.3) is 0 Å². The quantitative estimate of drug-likeness (QED) is 0.287. The zero-order valence-corrected chi connectivity index (χ0v) is 24.9. The Bertz CT molecular complexity index is 1210. The monoisotopic (exact) mass is 542 g/mol. The smallest absolute Gasteiger partial charge is 0.143 e. The minimum absolute atomic E-state index is 0.267. The third-order valence-electron chi connectivity index (χ3n) is 9.92. The topological polar surface area (TPSA) is 70.4 Å². The summed E-state index contributed by atoms with van der Waals surface area (Å²) in [5, 5.41) is 9.44. The Balaban J connectivity index is 1.36. The molecule has 1 saturated heterocycles. The molecule has 1 saturated carbocycles. The number of rotatable bonds is 12. The summed E-state index contributed by atoms with van der Waals surface area (Å²) in [6.07, 6.45) is 8.86. The largest absolute Gasteiger partial charge is 0.492 e. The number of nitrogens with zero attached hydrogens (tertiary/aromatic N) is 2. The van der Waals surface area contributed by atoms with Gasteiger partial charge in [0.05, 0.1) is 22.5 Å². The highest BCUT2D eigenvalue weighted by atomic mass is 16.5. The average Bonchev–Trinajstić information content (AvgIpc) is 3.49. The molecule has 0 radical (unpaired) electrons. The van der Waals surface area contributed by atoms with Gasteiger partial charge in [0, 0.05) is 13.0 Å². The number of ether oxygens (including phenoxy) is 1. The Kier molecular flexibility index (Phi) is 9.85. The lowest BCUT2D eigenvalue weighted by Crippen LogP contribution is -2.48. The maximum Gasteiger partial charge on any atom is 0.143 e. The number of hydrogen-bond acceptors (Lipinski definition) is 5. The zero-order chi connectivity index (χ0) is 28.8. The normalized spacial score (nSPS) is 19.1. The predicted molar refractivity (Wildman–Crippen MR) is 160 cm³/mol. The standard InChI is InChI=1S/C35H46N2O3/c1-5-33(39)35(32-23-29(25-36)12-11-26(32)3)17-19-37(20-18-35)21-22-40-31-15-13-30(14-16-31)34(6-2,27(4)38)24-28-9-7-8-10-28/h11-16,23,28H,5-10,17-22,24H2,1-4H3. The average molecular weight is 543 g/mol. The molecule has 1 heterocycles. The van der Waals surface area contributed by atoms with Crippen molar-refractivity contribution < 1.29 is 14.3 Å². The van der Waals surface area contributed by atoms with Crippen LogP contribution in [0.2, 0.25) is 0 Å². The lowest BCUT2D eigenvalue weighted by molar-refractivity contribution is -0.126. The molecule has 1 aliphatic carbocycles. The van der Waals surface area contributed by atoms with Gasteiger partial charge in [-0.05, 0) is 99.5 Å². The second-order valence-electron chi connectivity index (χ2n) is 12.1. The number of carbonyl (C=O) groups is 2. The van der Waals surface area contributed by atoms with Crippen LogP contribution in [0.1, 0.15) is 101 Å². The molecule has 4 rings (SSSR count). The first-order valence-electron chi connectivity index (χ1n) is 15.3. The van der Waals surface area contributed by atoms with Crippen molar-refractivity contribution in [3.63, 3.8) is 0 Å². The minimum Gasteiger partial charge on any atom is -0.492 e. The van der Waals surface area contributed by atoms with E-state index in [9.17, 15) is 14.9 Å². The molecule has 1 unspecified atom stereocenters. The first-order chi connectivity index (χ1) is 19.3. The van der Waals surface area contributed by atoms with Gasteiger partial charge in [-0.1, -0.05) is 57.7 Å². The molecule has 0 spiro atoms. The van der Waals surface area contributed by atoms with Gasteiger partial charge < -0.3 is 4.74 Å². The van der Waals surface area contributed by atoms with E-state index in [1.54, 1.807) is 6.92 Å². The highest BCUT2D eigenvalue weighted by molar-refractivity contribution is 5.90. The van der Waals surface area contributed by atoms with E-state index >= 15 is 0 Å². The highest BCUT2D eigenvalue weighted by Gasteiger charge is 2.42. The van der Waals surface area contributed by atoms with Gasteiger partial charge in [0.15, 0.2) is 0 Å². The van der Waals surface area contributed by atoms with E-state index in [1.165, 1.54) is 25.7 Å². The summed E-state index contributed by atoms with van der Waals surface area (Å²) >= 11 is 0. The second-order valence-corrected chi connectivity index (χ2v) is 12.1. The van der Waals surface area contributed by atoms with Crippen LogP contribution in [0.3, 0.4) is 0 Å². The Morgan fingerprint density at radius 3 is 2.33 bits per heavy atom. The third-order valence-corrected chi connectivity index (χ3v) is 9.92. The van der Waals surface area contributed by atoms with Crippen molar-refractivity contribution in [2.75, 3.05) is 26.2 Å². The molecule has 0 aromatic heterocycles. The van der Waals surface area contributed by atoms with Crippen LogP contribution < -0.4 is 4.74 Å². The first-order valence-corrected chi connectivity index (χ1v) is 15.3. The van der Waals surface area contributed by atoms with E-state index in [1.807, 2.05) is 44.2 Å². The van der Waals surface area contributed by atoms with Gasteiger partial charge >= 0.3 is 0 Å². The van der Waals surface area contributed by atoms with Crippen LogP contribution in [0.4, 0.5) is 0 Å². The fraction of sp³-hybridized carbons (Fsp3) is 0.571. The van der Waals surface area contributed by atoms with Gasteiger partial charge in [-0.25, -0.2) is 0 Å². The molecule has 2 fully saturated rings. The van der Waals surface area contributed by atoms with Crippen molar-refractivity contribution >= 4 is 11.6 Å². The van der Waals surface area contributed by atoms with Crippen molar-refractivity contribution in [3.05, 3.63) is 64.7 Å². The molecule has 0 amide bonds. The van der Waals surface area contributed by atoms with Crippen molar-refractivity contribution in [1.82, 2.24) is 4.90 Å². The van der Waals surface area contributed by atoms with Gasteiger partial charge in [0.25, 0.3) is 0 Å². The van der Waals surface area contributed by atoms with Gasteiger partial charge in [0.2, 0.25) is 0 Å². The van der Waals surface area contributed by atoms with E-state index in [0.717, 1.165) is 67.8 Å². The second kappa shape index (κ2) is 13.1. The molecule has 0 bridgehead atoms. The molecule has 0 N–H and O–H groups in total. The van der Waals surface area contributed by atoms with Gasteiger partial charge in [-0.2, -0.15) is 5.26 Å². The number of likely N-dealkylation sites (tertiary alicyclic amines) is 1. The van der Waals surface area contributed by atoms with E-state index < -0.39 is 10.8 Å². The van der Waals surface area contributed by atoms with Crippen LogP contribution >= 0.6 is 0 Å². The van der Waals surface area contributed by atoms with Gasteiger partial charge in [0.1, 0.15) is 23.9 Å². The molecule has 2 aromatic rings. The SMILES string of the molecule is CCC(=O)C1(c2cc(C#N)ccc2C)CCN(CCOc2ccc(C(CC)(CC3CCCC3)C(C)=O)cc2)CC1. The molecular formula is C35H46N2O3. The maximum absolute atomic E-state index is 13.3. The molecule has 5 heteroatoms. The third kappa shape index (κ3) is 6.18. The highest BCUT2D eigenvalue weighted by Crippen LogP contribution is 2.42. The number of Topliss-reactive ketones (excluding diaryl/α,β-unsaturated/α-hetero) is 2. The first kappa shape index (κ1) is 30.0. The van der Waals surface area contributed by atoms with Crippen LogP contribution in [0.5, 0.6) is 5.75 Å². The molecule has 2 aromatic carbocycles. The Labute approximate surface area is 240 Å². The maximum atomic E-state index is 13.3. The summed E-state index contributed by atoms with van der Waals surface area (Å²) < 4.78 is 6.13. The van der Waals surface area contributed by atoms with Crippen molar-refractivity contribution in [2.24, 2.45) is 5.92 Å². The summed E-state index contributed by atoms with van der Waals surface area (Å²) in [6, 6.07) is 16.2. The molecular weight excluding hydrogens is 496 g/mol. The fourth-order valence-corrected chi connectivity index (χ4v) is 7.33. The van der Waals surface area contributed by atoms with Gasteiger partial charge in [-0.3, -0.25) is 14.5 Å². The number of benzene rings is 2. The van der Waals surface area contributed by atoms with E-state index in [4.69, 9.17) is 4.74 Å². The predicted octanol–water partition coefficient (Wildman–Crippen LogP) is 7.08. The zero-order valence-electron chi connectivity index (χ0n) is 24.9. The number of aryl methyl sites for hydroxylation is 1. The van der Waals surface area contributed by atoms with Crippen molar-refractivity contribution in [1.29, 1.82) is 5.26 Å². The number of hydrogen-bond donors (Lipinski definition) is 0. The lowest BCUT2D eigenvalue weighted by atomic mass is 9.67.